The Balaban J connectivity index is 0.00000162. The zero-order valence-corrected chi connectivity index (χ0v) is 12.1. The van der Waals surface area contributed by atoms with Crippen LogP contribution >= 0.6 is 0 Å². The van der Waals surface area contributed by atoms with Gasteiger partial charge in [0.15, 0.2) is 12.4 Å². The van der Waals surface area contributed by atoms with Crippen LogP contribution in [0.3, 0.4) is 0 Å². The van der Waals surface area contributed by atoms with E-state index >= 15 is 0 Å². The summed E-state index contributed by atoms with van der Waals surface area (Å²) in [7, 11) is 0. The first-order valence-corrected chi connectivity index (χ1v) is 5.71. The average molecular weight is 306 g/mol. The van der Waals surface area contributed by atoms with Gasteiger partial charge in [0.1, 0.15) is 0 Å². The molecular formula is C15H16BrNO. The van der Waals surface area contributed by atoms with E-state index in [0.29, 0.717) is 6.54 Å². The molecule has 0 unspecified atom stereocenters. The number of nitrogens with zero attached hydrogens (tertiary/aromatic N) is 1. The van der Waals surface area contributed by atoms with Gasteiger partial charge >= 0.3 is 0 Å². The summed E-state index contributed by atoms with van der Waals surface area (Å²) in [5, 5.41) is 0. The molecule has 2 nitrogen and oxygen atoms in total. The van der Waals surface area contributed by atoms with Crippen LogP contribution in [0.15, 0.2) is 48.8 Å². The summed E-state index contributed by atoms with van der Waals surface area (Å²) < 4.78 is 1.94. The monoisotopic (exact) mass is 305 g/mol. The Morgan fingerprint density at radius 2 is 1.61 bits per heavy atom. The van der Waals surface area contributed by atoms with Gasteiger partial charge in [-0.2, -0.15) is 4.57 Å². The minimum Gasteiger partial charge on any atom is -1.00 e. The minimum absolute atomic E-state index is 0. The van der Waals surface area contributed by atoms with E-state index in [9.17, 15) is 4.79 Å². The molecule has 1 aromatic carbocycles. The number of carbonyl (C=O) groups excluding carboxylic acids is 1. The molecule has 1 aromatic heterocycles. The number of halogens is 1. The predicted molar refractivity (Wildman–Crippen MR) is 66.9 cm³/mol. The van der Waals surface area contributed by atoms with Crippen LogP contribution in [0.2, 0.25) is 0 Å². The summed E-state index contributed by atoms with van der Waals surface area (Å²) >= 11 is 0. The Labute approximate surface area is 118 Å². The molecule has 0 bridgehead atoms. The zero-order valence-electron chi connectivity index (χ0n) is 10.6. The van der Waals surface area contributed by atoms with Gasteiger partial charge in [-0.3, -0.25) is 4.79 Å². The molecule has 0 aliphatic carbocycles. The van der Waals surface area contributed by atoms with Crippen LogP contribution in [0.5, 0.6) is 0 Å². The minimum atomic E-state index is 0. The van der Waals surface area contributed by atoms with Crippen LogP contribution in [0.4, 0.5) is 0 Å². The van der Waals surface area contributed by atoms with E-state index in [2.05, 4.69) is 6.07 Å². The molecule has 3 heteroatoms. The molecule has 0 atom stereocenters. The number of Topliss-reactive ketones (excluding diaryl/α,β-unsaturated/α-hetero) is 1. The third-order valence-corrected chi connectivity index (χ3v) is 2.62. The SMILES string of the molecule is Cc1cc(C)c[n+](CC(=O)c2ccccc2)c1.[Br-]. The topological polar surface area (TPSA) is 20.9 Å². The number of hydrogen-bond donors (Lipinski definition) is 0. The highest BCUT2D eigenvalue weighted by Crippen LogP contribution is 2.01. The predicted octanol–water partition coefficient (Wildman–Crippen LogP) is -0.522. The normalized spacial score (nSPS) is 9.67. The molecular weight excluding hydrogens is 290 g/mol. The fourth-order valence-corrected chi connectivity index (χ4v) is 1.97. The highest BCUT2D eigenvalue weighted by molar-refractivity contribution is 5.94. The second kappa shape index (κ2) is 6.45. The van der Waals surface area contributed by atoms with Crippen molar-refractivity contribution in [2.45, 2.75) is 20.4 Å². The number of ketones is 1. The maximum atomic E-state index is 12.0. The number of carbonyl (C=O) groups is 1. The molecule has 0 spiro atoms. The van der Waals surface area contributed by atoms with Crippen LogP contribution < -0.4 is 21.5 Å². The van der Waals surface area contributed by atoms with Crippen molar-refractivity contribution in [2.24, 2.45) is 0 Å². The lowest BCUT2D eigenvalue weighted by molar-refractivity contribution is -0.683. The van der Waals surface area contributed by atoms with Crippen molar-refractivity contribution in [1.82, 2.24) is 0 Å². The summed E-state index contributed by atoms with van der Waals surface area (Å²) in [6.45, 7) is 4.47. The molecule has 0 aliphatic heterocycles. The molecule has 94 valence electrons. The molecule has 2 rings (SSSR count). The van der Waals surface area contributed by atoms with Crippen molar-refractivity contribution in [3.63, 3.8) is 0 Å². The maximum Gasteiger partial charge on any atom is 0.227 e. The molecule has 0 saturated heterocycles. The van der Waals surface area contributed by atoms with Crippen LogP contribution in [0.25, 0.3) is 0 Å². The van der Waals surface area contributed by atoms with Crippen LogP contribution in [0.1, 0.15) is 21.5 Å². The summed E-state index contributed by atoms with van der Waals surface area (Å²) in [5.41, 5.74) is 3.11. The standard InChI is InChI=1S/C15H16NO.BrH/c1-12-8-13(2)10-16(9-12)11-15(17)14-6-4-3-5-7-14;/h3-10H,11H2,1-2H3;1H/q+1;/p-1. The fourth-order valence-electron chi connectivity index (χ4n) is 1.97. The van der Waals surface area contributed by atoms with E-state index in [1.807, 2.05) is 61.1 Å². The molecule has 18 heavy (non-hydrogen) atoms. The summed E-state index contributed by atoms with van der Waals surface area (Å²) in [6.07, 6.45) is 3.99. The van der Waals surface area contributed by atoms with Gasteiger partial charge in [-0.1, -0.05) is 30.3 Å². The number of rotatable bonds is 3. The van der Waals surface area contributed by atoms with Crippen molar-refractivity contribution in [3.05, 3.63) is 65.5 Å². The second-order valence-corrected chi connectivity index (χ2v) is 4.35. The number of aromatic nitrogens is 1. The van der Waals surface area contributed by atoms with Crippen LogP contribution in [0, 0.1) is 13.8 Å². The highest BCUT2D eigenvalue weighted by atomic mass is 79.9. The smallest absolute Gasteiger partial charge is 0.227 e. The van der Waals surface area contributed by atoms with Gasteiger partial charge in [-0.15, -0.1) is 0 Å². The van der Waals surface area contributed by atoms with Gasteiger partial charge in [0.05, 0.1) is 0 Å². The zero-order chi connectivity index (χ0) is 12.3. The Bertz CT molecular complexity index is 517. The lowest BCUT2D eigenvalue weighted by Crippen LogP contribution is -3.00. The van der Waals surface area contributed by atoms with E-state index in [1.54, 1.807) is 0 Å². The molecule has 0 saturated carbocycles. The Morgan fingerprint density at radius 1 is 1.06 bits per heavy atom. The van der Waals surface area contributed by atoms with Crippen molar-refractivity contribution in [2.75, 3.05) is 0 Å². The van der Waals surface area contributed by atoms with Gasteiger partial charge in [-0.25, -0.2) is 0 Å². The molecule has 2 aromatic rings. The van der Waals surface area contributed by atoms with Crippen LogP contribution in [-0.2, 0) is 6.54 Å². The Hall–Kier alpha value is -1.48. The fraction of sp³-hybridized carbons (Fsp3) is 0.200. The average Bonchev–Trinajstić information content (AvgIpc) is 2.28. The first-order chi connectivity index (χ1) is 8.15. The van der Waals surface area contributed by atoms with E-state index in [0.717, 1.165) is 5.56 Å². The Morgan fingerprint density at radius 3 is 2.17 bits per heavy atom. The molecule has 0 aliphatic rings. The van der Waals surface area contributed by atoms with Gasteiger partial charge in [-0.05, 0) is 19.9 Å². The first kappa shape index (κ1) is 14.6. The van der Waals surface area contributed by atoms with E-state index in [1.165, 1.54) is 11.1 Å². The highest BCUT2D eigenvalue weighted by Gasteiger charge is 2.12. The van der Waals surface area contributed by atoms with Gasteiger partial charge < -0.3 is 17.0 Å². The summed E-state index contributed by atoms with van der Waals surface area (Å²) in [5.74, 6) is 0.139. The quantitative estimate of drug-likeness (QED) is 0.552. The first-order valence-electron chi connectivity index (χ1n) is 5.71. The molecule has 0 amide bonds. The van der Waals surface area contributed by atoms with Crippen molar-refractivity contribution < 1.29 is 26.3 Å². The second-order valence-electron chi connectivity index (χ2n) is 4.35. The molecule has 0 N–H and O–H groups in total. The van der Waals surface area contributed by atoms with Gasteiger partial charge in [0, 0.05) is 16.7 Å². The number of aryl methyl sites for hydroxylation is 2. The molecule has 0 fully saturated rings. The third kappa shape index (κ3) is 3.77. The number of benzene rings is 1. The van der Waals surface area contributed by atoms with Crippen LogP contribution in [-0.4, -0.2) is 5.78 Å². The lowest BCUT2D eigenvalue weighted by Gasteiger charge is -2.00. The van der Waals surface area contributed by atoms with Crippen molar-refractivity contribution >= 4 is 5.78 Å². The van der Waals surface area contributed by atoms with Gasteiger partial charge in [0.25, 0.3) is 0 Å². The van der Waals surface area contributed by atoms with E-state index in [-0.39, 0.29) is 22.8 Å². The van der Waals surface area contributed by atoms with Crippen molar-refractivity contribution in [3.8, 4) is 0 Å². The third-order valence-electron chi connectivity index (χ3n) is 2.62. The van der Waals surface area contributed by atoms with Gasteiger partial charge in [0.2, 0.25) is 12.3 Å². The number of pyridine rings is 1. The molecule has 1 heterocycles. The molecule has 0 radical (unpaired) electrons. The summed E-state index contributed by atoms with van der Waals surface area (Å²) in [4.78, 5) is 12.0. The number of hydrogen-bond acceptors (Lipinski definition) is 1. The largest absolute Gasteiger partial charge is 1.00 e. The Kier molecular flexibility index (Phi) is 5.23. The maximum absolute atomic E-state index is 12.0. The van der Waals surface area contributed by atoms with E-state index < -0.39 is 0 Å². The summed E-state index contributed by atoms with van der Waals surface area (Å²) in [6, 6.07) is 11.5. The lowest BCUT2D eigenvalue weighted by atomic mass is 10.1. The van der Waals surface area contributed by atoms with E-state index in [4.69, 9.17) is 0 Å². The van der Waals surface area contributed by atoms with Crippen molar-refractivity contribution in [1.29, 1.82) is 0 Å².